The molecular formula is C71H116N2. The number of allylic oxidation sites excluding steroid dienone is 2. The van der Waals surface area contributed by atoms with E-state index in [1.807, 2.05) is 0 Å². The highest BCUT2D eigenvalue weighted by Gasteiger charge is 2.12. The van der Waals surface area contributed by atoms with E-state index >= 15 is 0 Å². The molecule has 0 radical (unpaired) electrons. The van der Waals surface area contributed by atoms with Crippen LogP contribution in [0.5, 0.6) is 0 Å². The SMILES string of the molecule is CCCCCCCCCC#CCCCc1ccccc1N=C(C=CCCCCCCCCCCCCCCCCCCCCCCC)C(CCCC)=Nc1ccccc1CCCC#CCCCCCCCCC. The van der Waals surface area contributed by atoms with Crippen LogP contribution in [0.3, 0.4) is 0 Å². The fourth-order valence-electron chi connectivity index (χ4n) is 10.0. The van der Waals surface area contributed by atoms with E-state index in [4.69, 9.17) is 9.98 Å². The van der Waals surface area contributed by atoms with Gasteiger partial charge in [0.15, 0.2) is 0 Å². The number of aliphatic imine (C=N–C) groups is 2. The van der Waals surface area contributed by atoms with E-state index in [0.29, 0.717) is 0 Å². The number of aryl methyl sites for hydroxylation is 2. The van der Waals surface area contributed by atoms with Gasteiger partial charge in [0.2, 0.25) is 0 Å². The molecule has 0 N–H and O–H groups in total. The van der Waals surface area contributed by atoms with Crippen LogP contribution >= 0.6 is 0 Å². The van der Waals surface area contributed by atoms with Crippen LogP contribution in [0.4, 0.5) is 11.4 Å². The number of nitrogens with zero attached hydrogens (tertiary/aromatic N) is 2. The lowest BCUT2D eigenvalue weighted by Crippen LogP contribution is -2.12. The van der Waals surface area contributed by atoms with E-state index in [0.717, 1.165) is 99.8 Å². The minimum Gasteiger partial charge on any atom is -0.251 e. The zero-order valence-electron chi connectivity index (χ0n) is 48.9. The predicted octanol–water partition coefficient (Wildman–Crippen LogP) is 23.8. The summed E-state index contributed by atoms with van der Waals surface area (Å²) in [6.45, 7) is 9.18. The number of rotatable bonds is 49. The van der Waals surface area contributed by atoms with E-state index in [2.05, 4.69) is 112 Å². The molecule has 0 spiro atoms. The Kier molecular flexibility index (Phi) is 46.9. The standard InChI is InChI=1S/C71H116N2/c1-5-9-13-16-19-22-25-28-29-30-31-32-33-34-35-36-37-38-41-44-47-50-53-65-71(73-69-64-57-55-61-67(69)59-52-49-46-43-40-27-24-21-18-15-11-7-3)70(62-12-8-4)72-68-63-56-54-60-66(68)58-51-48-45-42-39-26-23-20-17-14-10-6-2/h53-57,60-61,63-65H,5-41,44,47-52,58-59,62H2,1-4H3. The third-order valence-corrected chi connectivity index (χ3v) is 14.8. The first kappa shape index (κ1) is 65.8. The predicted molar refractivity (Wildman–Crippen MR) is 330 cm³/mol. The Bertz CT molecular complexity index is 1750. The van der Waals surface area contributed by atoms with E-state index < -0.39 is 0 Å². The Morgan fingerprint density at radius 2 is 0.658 bits per heavy atom. The van der Waals surface area contributed by atoms with Crippen molar-refractivity contribution in [2.24, 2.45) is 9.98 Å². The maximum atomic E-state index is 5.52. The smallest absolute Gasteiger partial charge is 0.0848 e. The van der Waals surface area contributed by atoms with Gasteiger partial charge >= 0.3 is 0 Å². The first-order valence-electron chi connectivity index (χ1n) is 32.1. The van der Waals surface area contributed by atoms with Crippen LogP contribution in [-0.4, -0.2) is 11.4 Å². The number of unbranched alkanes of at least 4 members (excludes halogenated alkanes) is 38. The molecule has 0 saturated heterocycles. The van der Waals surface area contributed by atoms with Gasteiger partial charge in [0.1, 0.15) is 0 Å². The highest BCUT2D eigenvalue weighted by atomic mass is 14.8. The van der Waals surface area contributed by atoms with E-state index in [-0.39, 0.29) is 0 Å². The van der Waals surface area contributed by atoms with Gasteiger partial charge in [-0.2, -0.15) is 0 Å². The van der Waals surface area contributed by atoms with Crippen molar-refractivity contribution in [3.8, 4) is 23.7 Å². The summed E-state index contributed by atoms with van der Waals surface area (Å²) < 4.78 is 0. The van der Waals surface area contributed by atoms with Gasteiger partial charge in [0.25, 0.3) is 0 Å². The summed E-state index contributed by atoms with van der Waals surface area (Å²) in [6.07, 6.45) is 65.7. The van der Waals surface area contributed by atoms with Crippen molar-refractivity contribution < 1.29 is 0 Å². The summed E-state index contributed by atoms with van der Waals surface area (Å²) in [5.41, 5.74) is 6.96. The molecule has 0 heterocycles. The van der Waals surface area contributed by atoms with Crippen molar-refractivity contribution in [3.63, 3.8) is 0 Å². The fraction of sp³-hybridized carbons (Fsp3) is 0.718. The second kappa shape index (κ2) is 52.1. The molecule has 0 aliphatic carbocycles. The minimum absolute atomic E-state index is 0.925. The summed E-state index contributed by atoms with van der Waals surface area (Å²) in [4.78, 5) is 11.0. The van der Waals surface area contributed by atoms with Gasteiger partial charge < -0.3 is 0 Å². The summed E-state index contributed by atoms with van der Waals surface area (Å²) >= 11 is 0. The highest BCUT2D eigenvalue weighted by Crippen LogP contribution is 2.26. The molecule has 410 valence electrons. The fourth-order valence-corrected chi connectivity index (χ4v) is 10.0. The molecule has 0 atom stereocenters. The molecule has 0 bridgehead atoms. The molecule has 2 rings (SSSR count). The van der Waals surface area contributed by atoms with Gasteiger partial charge in [0, 0.05) is 25.7 Å². The minimum atomic E-state index is 0.925. The first-order valence-corrected chi connectivity index (χ1v) is 32.1. The summed E-state index contributed by atoms with van der Waals surface area (Å²) in [7, 11) is 0. The quantitative estimate of drug-likeness (QED) is 0.0359. The first-order chi connectivity index (χ1) is 36.2. The topological polar surface area (TPSA) is 24.7 Å². The van der Waals surface area contributed by atoms with Crippen LogP contribution in [0.15, 0.2) is 70.7 Å². The lowest BCUT2D eigenvalue weighted by molar-refractivity contribution is 0.520. The van der Waals surface area contributed by atoms with Crippen molar-refractivity contribution in [2.75, 3.05) is 0 Å². The second-order valence-corrected chi connectivity index (χ2v) is 21.8. The second-order valence-electron chi connectivity index (χ2n) is 21.8. The van der Waals surface area contributed by atoms with Gasteiger partial charge in [0.05, 0.1) is 22.8 Å². The largest absolute Gasteiger partial charge is 0.251 e. The average molecular weight is 998 g/mol. The van der Waals surface area contributed by atoms with E-state index in [1.165, 1.54) is 236 Å². The Balaban J connectivity index is 1.99. The maximum absolute atomic E-state index is 5.52. The van der Waals surface area contributed by atoms with Gasteiger partial charge in [-0.05, 0) is 93.5 Å². The molecule has 73 heavy (non-hydrogen) atoms. The van der Waals surface area contributed by atoms with Crippen molar-refractivity contribution in [1.82, 2.24) is 0 Å². The van der Waals surface area contributed by atoms with E-state index in [9.17, 15) is 0 Å². The Labute approximate surface area is 455 Å². The van der Waals surface area contributed by atoms with Crippen molar-refractivity contribution >= 4 is 22.8 Å². The molecule has 2 heteroatoms. The number of para-hydroxylation sites is 2. The molecule has 0 aliphatic heterocycles. The molecular weight excluding hydrogens is 881 g/mol. The molecule has 0 fully saturated rings. The van der Waals surface area contributed by atoms with E-state index in [1.54, 1.807) is 0 Å². The monoisotopic (exact) mass is 997 g/mol. The number of hydrogen-bond donors (Lipinski definition) is 0. The maximum Gasteiger partial charge on any atom is 0.0848 e. The molecule has 2 aromatic rings. The third-order valence-electron chi connectivity index (χ3n) is 14.8. The average Bonchev–Trinajstić information content (AvgIpc) is 3.41. The molecule has 0 aromatic heterocycles. The van der Waals surface area contributed by atoms with Crippen molar-refractivity contribution in [1.29, 1.82) is 0 Å². The zero-order valence-corrected chi connectivity index (χ0v) is 48.9. The van der Waals surface area contributed by atoms with Crippen LogP contribution in [0.1, 0.15) is 328 Å². The number of hydrogen-bond acceptors (Lipinski definition) is 2. The van der Waals surface area contributed by atoms with Crippen LogP contribution in [-0.2, 0) is 12.8 Å². The Hall–Kier alpha value is -3.36. The Morgan fingerprint density at radius 1 is 0.342 bits per heavy atom. The molecule has 0 saturated carbocycles. The van der Waals surface area contributed by atoms with Gasteiger partial charge in [-0.1, -0.05) is 282 Å². The summed E-state index contributed by atoms with van der Waals surface area (Å²) in [6, 6.07) is 17.7. The van der Waals surface area contributed by atoms with Crippen LogP contribution in [0, 0.1) is 23.7 Å². The molecule has 2 nitrogen and oxygen atoms in total. The molecule has 0 aliphatic rings. The highest BCUT2D eigenvalue weighted by molar-refractivity contribution is 6.47. The van der Waals surface area contributed by atoms with Crippen LogP contribution in [0.2, 0.25) is 0 Å². The normalized spacial score (nSPS) is 11.8. The van der Waals surface area contributed by atoms with Gasteiger partial charge in [-0.15, -0.1) is 23.7 Å². The van der Waals surface area contributed by atoms with Crippen molar-refractivity contribution in [3.05, 3.63) is 71.8 Å². The number of benzene rings is 2. The van der Waals surface area contributed by atoms with Crippen molar-refractivity contribution in [2.45, 2.75) is 329 Å². The third kappa shape index (κ3) is 39.7. The zero-order chi connectivity index (χ0) is 52.0. The van der Waals surface area contributed by atoms with Crippen LogP contribution < -0.4 is 0 Å². The molecule has 0 unspecified atom stereocenters. The summed E-state index contributed by atoms with van der Waals surface area (Å²) in [5, 5.41) is 0. The van der Waals surface area contributed by atoms with Crippen LogP contribution in [0.25, 0.3) is 0 Å². The lowest BCUT2D eigenvalue weighted by atomic mass is 10.0. The molecule has 2 aromatic carbocycles. The Morgan fingerprint density at radius 3 is 1.04 bits per heavy atom. The summed E-state index contributed by atoms with van der Waals surface area (Å²) in [5.74, 6) is 13.9. The molecule has 0 amide bonds. The van der Waals surface area contributed by atoms with Gasteiger partial charge in [-0.25, -0.2) is 4.99 Å². The lowest BCUT2D eigenvalue weighted by Gasteiger charge is -2.12. The van der Waals surface area contributed by atoms with Gasteiger partial charge in [-0.3, -0.25) is 4.99 Å².